The third-order valence-corrected chi connectivity index (χ3v) is 6.56. The molecule has 4 aromatic rings. The van der Waals surface area contributed by atoms with Crippen LogP contribution >= 0.6 is 0 Å². The molecule has 0 saturated carbocycles. The molecule has 0 saturated heterocycles. The normalized spacial score (nSPS) is 15.6. The number of carbonyl (C=O) groups excluding carboxylic acids is 1. The Morgan fingerprint density at radius 2 is 1.76 bits per heavy atom. The van der Waals surface area contributed by atoms with Gasteiger partial charge in [0.1, 0.15) is 5.75 Å². The Hall–Kier alpha value is -4.39. The third kappa shape index (κ3) is 5.11. The van der Waals surface area contributed by atoms with Crippen LogP contribution in [0, 0.1) is 0 Å². The van der Waals surface area contributed by atoms with Crippen LogP contribution in [0.3, 0.4) is 0 Å². The van der Waals surface area contributed by atoms with Crippen molar-refractivity contribution in [3.8, 4) is 17.1 Å². The van der Waals surface area contributed by atoms with Crippen molar-refractivity contribution in [1.82, 2.24) is 20.4 Å². The van der Waals surface area contributed by atoms with Gasteiger partial charge in [0, 0.05) is 11.3 Å². The summed E-state index contributed by atoms with van der Waals surface area (Å²) in [7, 11) is 0. The molecular formula is C30H30N4O3. The van der Waals surface area contributed by atoms with Crippen LogP contribution in [0.15, 0.2) is 89.1 Å². The number of amides is 2. The number of hydrogen-bond donors (Lipinski definition) is 1. The van der Waals surface area contributed by atoms with E-state index in [0.717, 1.165) is 40.1 Å². The van der Waals surface area contributed by atoms with E-state index in [1.165, 1.54) is 5.56 Å². The summed E-state index contributed by atoms with van der Waals surface area (Å²) < 4.78 is 11.5. The van der Waals surface area contributed by atoms with Crippen LogP contribution in [0.4, 0.5) is 4.79 Å². The summed E-state index contributed by atoms with van der Waals surface area (Å²) in [6.45, 7) is 6.95. The van der Waals surface area contributed by atoms with Gasteiger partial charge < -0.3 is 14.6 Å². The second kappa shape index (κ2) is 10.7. The fourth-order valence-corrected chi connectivity index (χ4v) is 4.57. The van der Waals surface area contributed by atoms with Gasteiger partial charge in [-0.1, -0.05) is 78.8 Å². The first-order chi connectivity index (χ1) is 18.1. The van der Waals surface area contributed by atoms with Gasteiger partial charge in [0.05, 0.1) is 24.8 Å². The fourth-order valence-electron chi connectivity index (χ4n) is 4.57. The summed E-state index contributed by atoms with van der Waals surface area (Å²) in [5.74, 6) is 1.67. The van der Waals surface area contributed by atoms with Crippen molar-refractivity contribution in [1.29, 1.82) is 0 Å². The highest BCUT2D eigenvalue weighted by Gasteiger charge is 2.35. The molecule has 7 heteroatoms. The van der Waals surface area contributed by atoms with Crippen molar-refractivity contribution in [2.75, 3.05) is 6.61 Å². The lowest BCUT2D eigenvalue weighted by Gasteiger charge is -2.35. The lowest BCUT2D eigenvalue weighted by molar-refractivity contribution is 0.203. The molecule has 3 aromatic carbocycles. The van der Waals surface area contributed by atoms with Crippen LogP contribution in [0.25, 0.3) is 17.0 Å². The van der Waals surface area contributed by atoms with Crippen LogP contribution in [0.1, 0.15) is 49.4 Å². The fraction of sp³-hybridized carbons (Fsp3) is 0.233. The van der Waals surface area contributed by atoms with Crippen LogP contribution in [0.2, 0.25) is 0 Å². The number of rotatable bonds is 8. The van der Waals surface area contributed by atoms with Gasteiger partial charge in [-0.05, 0) is 49.1 Å². The summed E-state index contributed by atoms with van der Waals surface area (Å²) >= 11 is 0. The van der Waals surface area contributed by atoms with E-state index in [0.29, 0.717) is 24.9 Å². The van der Waals surface area contributed by atoms with E-state index in [-0.39, 0.29) is 6.03 Å². The lowest BCUT2D eigenvalue weighted by Crippen LogP contribution is -2.45. The quantitative estimate of drug-likeness (QED) is 0.307. The molecule has 0 radical (unpaired) electrons. The van der Waals surface area contributed by atoms with Gasteiger partial charge in [-0.3, -0.25) is 4.90 Å². The third-order valence-electron chi connectivity index (χ3n) is 6.56. The molecule has 1 atom stereocenters. The molecule has 188 valence electrons. The number of benzene rings is 3. The van der Waals surface area contributed by atoms with Crippen LogP contribution in [-0.2, 0) is 13.0 Å². The Balaban J connectivity index is 1.55. The Morgan fingerprint density at radius 1 is 0.973 bits per heavy atom. The molecule has 1 N–H and O–H groups in total. The predicted octanol–water partition coefficient (Wildman–Crippen LogP) is 6.40. The molecule has 1 unspecified atom stereocenters. The Labute approximate surface area is 216 Å². The summed E-state index contributed by atoms with van der Waals surface area (Å²) in [4.78, 5) is 19.8. The van der Waals surface area contributed by atoms with E-state index in [9.17, 15) is 4.79 Å². The van der Waals surface area contributed by atoms with E-state index in [2.05, 4.69) is 29.5 Å². The first-order valence-electron chi connectivity index (χ1n) is 12.6. The molecule has 1 aliphatic rings. The largest absolute Gasteiger partial charge is 0.494 e. The molecule has 37 heavy (non-hydrogen) atoms. The second-order valence-corrected chi connectivity index (χ2v) is 8.93. The highest BCUT2D eigenvalue weighted by atomic mass is 16.5. The number of aromatic nitrogens is 2. The van der Waals surface area contributed by atoms with Gasteiger partial charge in [0.25, 0.3) is 5.89 Å². The van der Waals surface area contributed by atoms with Gasteiger partial charge in [-0.2, -0.15) is 4.98 Å². The molecule has 1 aliphatic heterocycles. The summed E-state index contributed by atoms with van der Waals surface area (Å²) in [6.07, 6.45) is 0.964. The first kappa shape index (κ1) is 24.3. The molecule has 0 aliphatic carbocycles. The molecule has 7 nitrogen and oxygen atoms in total. The standard InChI is InChI=1S/C30H30N4O3/c1-4-21-14-16-24(17-15-21)28-32-29(37-33-28)26-20(3)34(19-22-10-9-13-25(18-22)36-5-2)30(35)31-27(26)23-11-7-6-8-12-23/h6-18,27H,4-5,19H2,1-3H3,(H,31,35). The average molecular weight is 495 g/mol. The number of ether oxygens (including phenoxy) is 1. The number of urea groups is 1. The van der Waals surface area contributed by atoms with E-state index in [1.54, 1.807) is 4.90 Å². The van der Waals surface area contributed by atoms with Crippen molar-refractivity contribution in [2.45, 2.75) is 39.8 Å². The average Bonchev–Trinajstić information content (AvgIpc) is 3.41. The van der Waals surface area contributed by atoms with E-state index in [1.807, 2.05) is 80.6 Å². The summed E-state index contributed by atoms with van der Waals surface area (Å²) in [5, 5.41) is 7.43. The molecule has 2 heterocycles. The second-order valence-electron chi connectivity index (χ2n) is 8.93. The van der Waals surface area contributed by atoms with Gasteiger partial charge in [-0.25, -0.2) is 4.79 Å². The minimum atomic E-state index is -0.421. The number of aryl methyl sites for hydroxylation is 1. The van der Waals surface area contributed by atoms with Gasteiger partial charge >= 0.3 is 6.03 Å². The number of nitrogens with one attached hydrogen (secondary N) is 1. The van der Waals surface area contributed by atoms with Crippen LogP contribution < -0.4 is 10.1 Å². The van der Waals surface area contributed by atoms with Crippen molar-refractivity contribution in [2.24, 2.45) is 0 Å². The molecular weight excluding hydrogens is 464 g/mol. The van der Waals surface area contributed by atoms with E-state index in [4.69, 9.17) is 14.2 Å². The number of nitrogens with zero attached hydrogens (tertiary/aromatic N) is 3. The minimum absolute atomic E-state index is 0.188. The Morgan fingerprint density at radius 3 is 2.49 bits per heavy atom. The molecule has 2 amide bonds. The molecule has 0 bridgehead atoms. The number of allylic oxidation sites excluding steroid dienone is 1. The monoisotopic (exact) mass is 494 g/mol. The Bertz CT molecular complexity index is 1410. The minimum Gasteiger partial charge on any atom is -0.494 e. The lowest BCUT2D eigenvalue weighted by atomic mass is 9.94. The SMILES string of the molecule is CCOc1cccc(CN2C(=O)NC(c3ccccc3)C(c3nc(-c4ccc(CC)cc4)no3)=C2C)c1. The maximum Gasteiger partial charge on any atom is 0.322 e. The Kier molecular flexibility index (Phi) is 7.03. The maximum atomic E-state index is 13.4. The summed E-state index contributed by atoms with van der Waals surface area (Å²) in [6, 6.07) is 25.2. The van der Waals surface area contributed by atoms with Crippen LogP contribution in [-0.4, -0.2) is 27.7 Å². The predicted molar refractivity (Wildman–Crippen MR) is 143 cm³/mol. The summed E-state index contributed by atoms with van der Waals surface area (Å²) in [5.41, 5.74) is 5.56. The molecule has 5 rings (SSSR count). The number of hydrogen-bond acceptors (Lipinski definition) is 5. The molecule has 0 spiro atoms. The van der Waals surface area contributed by atoms with Crippen LogP contribution in [0.5, 0.6) is 5.75 Å². The van der Waals surface area contributed by atoms with E-state index >= 15 is 0 Å². The van der Waals surface area contributed by atoms with Crippen molar-refractivity contribution in [3.05, 3.63) is 107 Å². The zero-order valence-electron chi connectivity index (χ0n) is 21.3. The zero-order chi connectivity index (χ0) is 25.8. The first-order valence-corrected chi connectivity index (χ1v) is 12.6. The molecule has 0 fully saturated rings. The van der Waals surface area contributed by atoms with E-state index < -0.39 is 6.04 Å². The van der Waals surface area contributed by atoms with Gasteiger partial charge in [0.2, 0.25) is 5.82 Å². The number of carbonyl (C=O) groups is 1. The van der Waals surface area contributed by atoms with Crippen molar-refractivity contribution < 1.29 is 14.1 Å². The van der Waals surface area contributed by atoms with Crippen molar-refractivity contribution >= 4 is 11.6 Å². The smallest absolute Gasteiger partial charge is 0.322 e. The topological polar surface area (TPSA) is 80.5 Å². The highest BCUT2D eigenvalue weighted by molar-refractivity contribution is 5.86. The van der Waals surface area contributed by atoms with Crippen molar-refractivity contribution in [3.63, 3.8) is 0 Å². The highest BCUT2D eigenvalue weighted by Crippen LogP contribution is 2.38. The molecule has 1 aromatic heterocycles. The van der Waals surface area contributed by atoms with Gasteiger partial charge in [0.15, 0.2) is 0 Å². The zero-order valence-corrected chi connectivity index (χ0v) is 21.3. The van der Waals surface area contributed by atoms with Gasteiger partial charge in [-0.15, -0.1) is 0 Å². The maximum absolute atomic E-state index is 13.4.